The highest BCUT2D eigenvalue weighted by atomic mass is 32.2. The van der Waals surface area contributed by atoms with E-state index in [1.165, 1.54) is 12.1 Å². The van der Waals surface area contributed by atoms with E-state index in [1.807, 2.05) is 6.92 Å². The molecule has 1 heterocycles. The number of ketones is 1. The van der Waals surface area contributed by atoms with Crippen LogP contribution in [0.3, 0.4) is 0 Å². The molecule has 152 valence electrons. The molecular weight excluding hydrogens is 396 g/mol. The number of esters is 1. The number of carbonyl (C=O) groups is 3. The van der Waals surface area contributed by atoms with Crippen molar-refractivity contribution in [1.29, 1.82) is 0 Å². The van der Waals surface area contributed by atoms with E-state index in [4.69, 9.17) is 4.74 Å². The molecule has 0 saturated carbocycles. The highest BCUT2D eigenvalue weighted by molar-refractivity contribution is 7.89. The van der Waals surface area contributed by atoms with Crippen LogP contribution in [-0.2, 0) is 30.8 Å². The van der Waals surface area contributed by atoms with E-state index in [0.29, 0.717) is 24.1 Å². The third-order valence-corrected chi connectivity index (χ3v) is 5.84. The lowest BCUT2D eigenvalue weighted by atomic mass is 9.99. The molecule has 1 amide bonds. The minimum Gasteiger partial charge on any atom is -0.456 e. The van der Waals surface area contributed by atoms with Crippen LogP contribution in [-0.4, -0.2) is 39.2 Å². The molecule has 0 bridgehead atoms. The first-order valence-corrected chi connectivity index (χ1v) is 10.4. The van der Waals surface area contributed by atoms with Gasteiger partial charge < -0.3 is 10.1 Å². The number of Topliss-reactive ketones (excluding diaryl/α,β-unsaturated/α-hetero) is 1. The molecular formula is C20H20N2O6S. The predicted octanol–water partition coefficient (Wildman–Crippen LogP) is 1.58. The highest BCUT2D eigenvalue weighted by Gasteiger charge is 2.19. The number of anilines is 1. The van der Waals surface area contributed by atoms with Crippen molar-refractivity contribution < 1.29 is 27.5 Å². The molecule has 0 unspecified atom stereocenters. The Morgan fingerprint density at radius 2 is 1.83 bits per heavy atom. The summed E-state index contributed by atoms with van der Waals surface area (Å²) in [6.45, 7) is 0.743. The molecule has 29 heavy (non-hydrogen) atoms. The van der Waals surface area contributed by atoms with Gasteiger partial charge in [0.05, 0.1) is 4.90 Å². The third-order valence-electron chi connectivity index (χ3n) is 4.42. The molecule has 0 aliphatic carbocycles. The second kappa shape index (κ2) is 8.54. The average Bonchev–Trinajstić information content (AvgIpc) is 2.70. The van der Waals surface area contributed by atoms with Gasteiger partial charge in [-0.25, -0.2) is 8.42 Å². The molecule has 9 heteroatoms. The second-order valence-corrected chi connectivity index (χ2v) is 8.41. The maximum Gasteiger partial charge on any atom is 0.321 e. The van der Waals surface area contributed by atoms with Crippen molar-refractivity contribution in [2.45, 2.75) is 24.7 Å². The number of hydrogen-bond donors (Lipinski definition) is 2. The van der Waals surface area contributed by atoms with Crippen LogP contribution in [0.5, 0.6) is 0 Å². The Hall–Kier alpha value is -3.04. The van der Waals surface area contributed by atoms with Crippen molar-refractivity contribution in [2.75, 3.05) is 18.5 Å². The fraction of sp³-hybridized carbons (Fsp3) is 0.250. The lowest BCUT2D eigenvalue weighted by molar-refractivity contribution is -0.141. The predicted molar refractivity (Wildman–Crippen MR) is 105 cm³/mol. The SMILES string of the molecule is Cc1ccc(S(=O)(=O)NCC(=O)OCC(=O)c2ccc3c(c2)CCC(=O)N3)cc1. The van der Waals surface area contributed by atoms with Crippen molar-refractivity contribution >= 4 is 33.4 Å². The monoisotopic (exact) mass is 416 g/mol. The summed E-state index contributed by atoms with van der Waals surface area (Å²) >= 11 is 0. The van der Waals surface area contributed by atoms with Gasteiger partial charge in [0.15, 0.2) is 12.4 Å². The zero-order valence-corrected chi connectivity index (χ0v) is 16.5. The highest BCUT2D eigenvalue weighted by Crippen LogP contribution is 2.23. The van der Waals surface area contributed by atoms with E-state index < -0.39 is 34.9 Å². The number of ether oxygens (including phenoxy) is 1. The Bertz CT molecular complexity index is 1060. The maximum atomic E-state index is 12.3. The number of nitrogens with one attached hydrogen (secondary N) is 2. The van der Waals surface area contributed by atoms with Gasteiger partial charge in [0, 0.05) is 17.7 Å². The number of rotatable bonds is 7. The Kier molecular flexibility index (Phi) is 6.09. The van der Waals surface area contributed by atoms with Crippen molar-refractivity contribution in [1.82, 2.24) is 4.72 Å². The summed E-state index contributed by atoms with van der Waals surface area (Å²) < 4.78 is 31.3. The van der Waals surface area contributed by atoms with Gasteiger partial charge in [0.1, 0.15) is 6.54 Å². The van der Waals surface area contributed by atoms with Crippen molar-refractivity contribution in [2.24, 2.45) is 0 Å². The Labute approximate surface area is 168 Å². The first kappa shape index (κ1) is 20.7. The van der Waals surface area contributed by atoms with E-state index in [0.717, 1.165) is 11.1 Å². The summed E-state index contributed by atoms with van der Waals surface area (Å²) in [5.74, 6) is -1.35. The van der Waals surface area contributed by atoms with Gasteiger partial charge >= 0.3 is 5.97 Å². The number of sulfonamides is 1. The van der Waals surface area contributed by atoms with E-state index in [-0.39, 0.29) is 10.8 Å². The minimum absolute atomic E-state index is 0.0353. The van der Waals surface area contributed by atoms with Crippen LogP contribution in [0.2, 0.25) is 0 Å². The minimum atomic E-state index is -3.85. The Balaban J connectivity index is 1.52. The number of aryl methyl sites for hydroxylation is 2. The fourth-order valence-electron chi connectivity index (χ4n) is 2.79. The summed E-state index contributed by atoms with van der Waals surface area (Å²) in [6.07, 6.45) is 0.879. The largest absolute Gasteiger partial charge is 0.456 e. The van der Waals surface area contributed by atoms with Gasteiger partial charge in [-0.2, -0.15) is 4.72 Å². The summed E-state index contributed by atoms with van der Waals surface area (Å²) in [5.41, 5.74) is 2.77. The smallest absolute Gasteiger partial charge is 0.321 e. The molecule has 0 fully saturated rings. The lowest BCUT2D eigenvalue weighted by Crippen LogP contribution is -2.31. The second-order valence-electron chi connectivity index (χ2n) is 6.64. The van der Waals surface area contributed by atoms with E-state index in [1.54, 1.807) is 30.3 Å². The molecule has 0 aromatic heterocycles. The molecule has 0 atom stereocenters. The molecule has 0 radical (unpaired) electrons. The molecule has 2 aromatic carbocycles. The summed E-state index contributed by atoms with van der Waals surface area (Å²) in [5, 5.41) is 2.72. The first-order valence-electron chi connectivity index (χ1n) is 8.92. The van der Waals surface area contributed by atoms with Crippen molar-refractivity contribution in [3.63, 3.8) is 0 Å². The van der Waals surface area contributed by atoms with E-state index >= 15 is 0 Å². The summed E-state index contributed by atoms with van der Waals surface area (Å²) in [4.78, 5) is 35.5. The van der Waals surface area contributed by atoms with Crippen LogP contribution >= 0.6 is 0 Å². The summed E-state index contributed by atoms with van der Waals surface area (Å²) in [7, 11) is -3.85. The van der Waals surface area contributed by atoms with Gasteiger partial charge in [-0.1, -0.05) is 17.7 Å². The van der Waals surface area contributed by atoms with Gasteiger partial charge in [0.25, 0.3) is 0 Å². The Morgan fingerprint density at radius 3 is 2.55 bits per heavy atom. The van der Waals surface area contributed by atoms with Crippen molar-refractivity contribution in [3.05, 3.63) is 59.2 Å². The summed E-state index contributed by atoms with van der Waals surface area (Å²) in [6, 6.07) is 11.0. The zero-order valence-electron chi connectivity index (χ0n) is 15.7. The van der Waals surface area contributed by atoms with E-state index in [2.05, 4.69) is 10.0 Å². The first-order chi connectivity index (χ1) is 13.7. The molecule has 0 saturated heterocycles. The fourth-order valence-corrected chi connectivity index (χ4v) is 3.76. The lowest BCUT2D eigenvalue weighted by Gasteiger charge is -2.17. The number of benzene rings is 2. The Morgan fingerprint density at radius 1 is 1.10 bits per heavy atom. The van der Waals surface area contributed by atoms with Crippen LogP contribution in [0.25, 0.3) is 0 Å². The van der Waals surface area contributed by atoms with Gasteiger partial charge in [0.2, 0.25) is 15.9 Å². The number of amides is 1. The maximum absolute atomic E-state index is 12.3. The van der Waals surface area contributed by atoms with Gasteiger partial charge in [-0.3, -0.25) is 14.4 Å². The number of hydrogen-bond acceptors (Lipinski definition) is 6. The normalized spacial score (nSPS) is 13.3. The van der Waals surface area contributed by atoms with Crippen LogP contribution in [0, 0.1) is 6.92 Å². The molecule has 2 N–H and O–H groups in total. The molecule has 3 rings (SSSR count). The molecule has 1 aliphatic heterocycles. The third kappa shape index (κ3) is 5.27. The molecule has 2 aromatic rings. The zero-order chi connectivity index (χ0) is 21.0. The number of carbonyl (C=O) groups excluding carboxylic acids is 3. The number of fused-ring (bicyclic) bond motifs is 1. The topological polar surface area (TPSA) is 119 Å². The van der Waals surface area contributed by atoms with Crippen molar-refractivity contribution in [3.8, 4) is 0 Å². The van der Waals surface area contributed by atoms with E-state index in [9.17, 15) is 22.8 Å². The molecule has 8 nitrogen and oxygen atoms in total. The van der Waals surface area contributed by atoms with Gasteiger partial charge in [-0.15, -0.1) is 0 Å². The molecule has 1 aliphatic rings. The van der Waals surface area contributed by atoms with Crippen LogP contribution < -0.4 is 10.0 Å². The average molecular weight is 416 g/mol. The quantitative estimate of drug-likeness (QED) is 0.523. The van der Waals surface area contributed by atoms with Crippen LogP contribution in [0.15, 0.2) is 47.4 Å². The van der Waals surface area contributed by atoms with Crippen LogP contribution in [0.1, 0.15) is 27.9 Å². The van der Waals surface area contributed by atoms with Crippen LogP contribution in [0.4, 0.5) is 5.69 Å². The molecule has 0 spiro atoms. The standard InChI is InChI=1S/C20H20N2O6S/c1-13-2-6-16(7-3-13)29(26,27)21-11-20(25)28-12-18(23)15-4-8-17-14(10-15)5-9-19(24)22-17/h2-4,6-8,10,21H,5,9,11-12H2,1H3,(H,22,24). The van der Waals surface area contributed by atoms with Gasteiger partial charge in [-0.05, 0) is 49.2 Å².